The fourth-order valence-electron chi connectivity index (χ4n) is 4.19. The van der Waals surface area contributed by atoms with E-state index in [1.165, 1.54) is 6.42 Å². The van der Waals surface area contributed by atoms with Crippen LogP contribution in [0.3, 0.4) is 0 Å². The summed E-state index contributed by atoms with van der Waals surface area (Å²) >= 11 is 0. The maximum Gasteiger partial charge on any atom is 0.192 e. The second-order valence-corrected chi connectivity index (χ2v) is 7.98. The molecule has 0 saturated carbocycles. The highest BCUT2D eigenvalue weighted by molar-refractivity contribution is 14.0. The Labute approximate surface area is 190 Å². The van der Waals surface area contributed by atoms with Crippen molar-refractivity contribution >= 4 is 29.9 Å². The molecule has 0 radical (unpaired) electrons. The van der Waals surface area contributed by atoms with Crippen LogP contribution >= 0.6 is 24.0 Å². The van der Waals surface area contributed by atoms with E-state index in [9.17, 15) is 0 Å². The van der Waals surface area contributed by atoms with Gasteiger partial charge in [0.25, 0.3) is 0 Å². The van der Waals surface area contributed by atoms with Crippen LogP contribution in [0.5, 0.6) is 0 Å². The van der Waals surface area contributed by atoms with Gasteiger partial charge in [0.05, 0.1) is 31.5 Å². The van der Waals surface area contributed by atoms with E-state index in [4.69, 9.17) is 14.5 Å². The topological polar surface area (TPSA) is 88.8 Å². The summed E-state index contributed by atoms with van der Waals surface area (Å²) in [6.07, 6.45) is 5.24. The van der Waals surface area contributed by atoms with Gasteiger partial charge in [0.2, 0.25) is 0 Å². The molecule has 2 bridgehead atoms. The number of hydrogen-bond donors (Lipinski definition) is 2. The smallest absolute Gasteiger partial charge is 0.192 e. The molecule has 4 heterocycles. The molecule has 4 rings (SSSR count). The van der Waals surface area contributed by atoms with Crippen molar-refractivity contribution in [3.05, 3.63) is 11.6 Å². The van der Waals surface area contributed by atoms with Crippen LogP contribution in [0.1, 0.15) is 37.3 Å². The number of aromatic nitrogens is 3. The average molecular weight is 519 g/mol. The third-order valence-corrected chi connectivity index (χ3v) is 6.04. The van der Waals surface area contributed by atoms with Crippen molar-refractivity contribution in [3.63, 3.8) is 0 Å². The van der Waals surface area contributed by atoms with E-state index in [1.54, 1.807) is 0 Å². The van der Waals surface area contributed by atoms with Crippen molar-refractivity contribution in [2.45, 2.75) is 57.4 Å². The van der Waals surface area contributed by atoms with E-state index in [1.807, 2.05) is 18.5 Å². The Morgan fingerprint density at radius 3 is 2.72 bits per heavy atom. The summed E-state index contributed by atoms with van der Waals surface area (Å²) in [5.74, 6) is 2.62. The molecule has 29 heavy (non-hydrogen) atoms. The standard InChI is InChI=1S/C19H33N7O2.HI/c1-14-23-24-18(25(14)2)13-21-19(22-16-12-15-4-5-17(16)28-15)20-6-3-7-26-8-10-27-11-9-26;/h15-17H,3-13H2,1-2H3,(H2,20,21,22);1H. The summed E-state index contributed by atoms with van der Waals surface area (Å²) in [7, 11) is 1.98. The number of aryl methyl sites for hydroxylation is 1. The van der Waals surface area contributed by atoms with Gasteiger partial charge in [-0.05, 0) is 39.2 Å². The van der Waals surface area contributed by atoms with E-state index >= 15 is 0 Å². The fraction of sp³-hybridized carbons (Fsp3) is 0.842. The molecule has 0 aliphatic carbocycles. The molecule has 0 spiro atoms. The number of rotatable bonds is 7. The number of morpholine rings is 1. The van der Waals surface area contributed by atoms with Crippen molar-refractivity contribution < 1.29 is 9.47 Å². The largest absolute Gasteiger partial charge is 0.379 e. The highest BCUT2D eigenvalue weighted by Gasteiger charge is 2.41. The third kappa shape index (κ3) is 6.02. The number of fused-ring (bicyclic) bond motifs is 2. The number of hydrogen-bond acceptors (Lipinski definition) is 6. The van der Waals surface area contributed by atoms with Gasteiger partial charge in [-0.2, -0.15) is 0 Å². The maximum atomic E-state index is 5.99. The van der Waals surface area contributed by atoms with Crippen LogP contribution in [0.25, 0.3) is 0 Å². The lowest BCUT2D eigenvalue weighted by molar-refractivity contribution is 0.0376. The molecule has 3 aliphatic heterocycles. The summed E-state index contributed by atoms with van der Waals surface area (Å²) in [6.45, 7) is 8.21. The van der Waals surface area contributed by atoms with E-state index < -0.39 is 0 Å². The molecule has 164 valence electrons. The molecule has 9 nitrogen and oxygen atoms in total. The first-order valence-corrected chi connectivity index (χ1v) is 10.5. The number of ether oxygens (including phenoxy) is 2. The van der Waals surface area contributed by atoms with Gasteiger partial charge in [0, 0.05) is 26.7 Å². The lowest BCUT2D eigenvalue weighted by Gasteiger charge is -2.27. The summed E-state index contributed by atoms with van der Waals surface area (Å²) in [4.78, 5) is 7.24. The van der Waals surface area contributed by atoms with Crippen LogP contribution in [0.2, 0.25) is 0 Å². The predicted octanol–water partition coefficient (Wildman–Crippen LogP) is 0.819. The maximum absolute atomic E-state index is 5.99. The molecule has 0 aromatic carbocycles. The van der Waals surface area contributed by atoms with Gasteiger partial charge in [0.15, 0.2) is 11.8 Å². The molecule has 10 heteroatoms. The van der Waals surface area contributed by atoms with E-state index in [0.717, 1.165) is 76.3 Å². The normalized spacial score (nSPS) is 27.1. The van der Waals surface area contributed by atoms with Gasteiger partial charge in [-0.15, -0.1) is 34.2 Å². The highest BCUT2D eigenvalue weighted by atomic mass is 127. The molecular weight excluding hydrogens is 485 g/mol. The first-order chi connectivity index (χ1) is 13.7. The number of guanidine groups is 1. The van der Waals surface area contributed by atoms with Gasteiger partial charge < -0.3 is 24.7 Å². The summed E-state index contributed by atoms with van der Waals surface area (Å²) in [5, 5.41) is 15.5. The minimum atomic E-state index is 0. The van der Waals surface area contributed by atoms with Crippen molar-refractivity contribution in [3.8, 4) is 0 Å². The molecule has 1 aromatic heterocycles. The van der Waals surface area contributed by atoms with E-state index in [2.05, 4.69) is 25.7 Å². The second-order valence-electron chi connectivity index (χ2n) is 7.98. The minimum Gasteiger partial charge on any atom is -0.379 e. The van der Waals surface area contributed by atoms with Crippen LogP contribution in [0.15, 0.2) is 4.99 Å². The van der Waals surface area contributed by atoms with Gasteiger partial charge in [-0.1, -0.05) is 0 Å². The van der Waals surface area contributed by atoms with Crippen LogP contribution < -0.4 is 10.6 Å². The summed E-state index contributed by atoms with van der Waals surface area (Å²) < 4.78 is 13.4. The molecule has 3 aliphatic rings. The zero-order valence-electron chi connectivity index (χ0n) is 17.5. The van der Waals surface area contributed by atoms with Gasteiger partial charge in [0.1, 0.15) is 12.4 Å². The Hall–Kier alpha value is -0.980. The van der Waals surface area contributed by atoms with Crippen LogP contribution in [-0.2, 0) is 23.1 Å². The van der Waals surface area contributed by atoms with Crippen molar-refractivity contribution in [2.75, 3.05) is 39.4 Å². The molecular formula is C19H34IN7O2. The van der Waals surface area contributed by atoms with E-state index in [0.29, 0.717) is 24.8 Å². The lowest BCUT2D eigenvalue weighted by Crippen LogP contribution is -2.48. The van der Waals surface area contributed by atoms with Gasteiger partial charge in [-0.3, -0.25) is 4.90 Å². The Kier molecular flexibility index (Phi) is 8.51. The molecule has 0 amide bonds. The van der Waals surface area contributed by atoms with Crippen LogP contribution in [0, 0.1) is 6.92 Å². The summed E-state index contributed by atoms with van der Waals surface area (Å²) in [6, 6.07) is 0.352. The molecule has 3 atom stereocenters. The SMILES string of the molecule is Cc1nnc(CN=C(NCCCN2CCOCC2)NC2CC3CCC2O3)n1C.I. The molecule has 3 saturated heterocycles. The molecule has 2 N–H and O–H groups in total. The summed E-state index contributed by atoms with van der Waals surface area (Å²) in [5.41, 5.74) is 0. The molecule has 3 fully saturated rings. The number of aliphatic imine (C=N–C) groups is 1. The fourth-order valence-corrected chi connectivity index (χ4v) is 4.19. The first-order valence-electron chi connectivity index (χ1n) is 10.5. The lowest BCUT2D eigenvalue weighted by atomic mass is 9.96. The Morgan fingerprint density at radius 2 is 2.07 bits per heavy atom. The van der Waals surface area contributed by atoms with E-state index in [-0.39, 0.29) is 24.0 Å². The molecule has 1 aromatic rings. The van der Waals surface area contributed by atoms with Crippen LogP contribution in [0.4, 0.5) is 0 Å². The monoisotopic (exact) mass is 519 g/mol. The van der Waals surface area contributed by atoms with Crippen molar-refractivity contribution in [1.29, 1.82) is 0 Å². The van der Waals surface area contributed by atoms with Crippen molar-refractivity contribution in [1.82, 2.24) is 30.3 Å². The quantitative estimate of drug-likeness (QED) is 0.239. The Morgan fingerprint density at radius 1 is 1.24 bits per heavy atom. The Balaban J connectivity index is 0.00000240. The average Bonchev–Trinajstić information content (AvgIpc) is 3.41. The second kappa shape index (κ2) is 10.9. The third-order valence-electron chi connectivity index (χ3n) is 6.04. The van der Waals surface area contributed by atoms with Crippen molar-refractivity contribution in [2.24, 2.45) is 12.0 Å². The number of halogens is 1. The first kappa shape index (κ1) is 22.7. The number of nitrogens with zero attached hydrogens (tertiary/aromatic N) is 5. The highest BCUT2D eigenvalue weighted by Crippen LogP contribution is 2.34. The Bertz CT molecular complexity index is 678. The van der Waals surface area contributed by atoms with Gasteiger partial charge >= 0.3 is 0 Å². The minimum absolute atomic E-state index is 0. The van der Waals surface area contributed by atoms with Gasteiger partial charge in [-0.25, -0.2) is 4.99 Å². The zero-order valence-corrected chi connectivity index (χ0v) is 19.8. The zero-order chi connectivity index (χ0) is 19.3. The molecule has 3 unspecified atom stereocenters. The number of nitrogens with one attached hydrogen (secondary N) is 2. The predicted molar refractivity (Wildman–Crippen MR) is 122 cm³/mol. The van der Waals surface area contributed by atoms with Crippen LogP contribution in [-0.4, -0.2) is 83.3 Å².